The third-order valence-electron chi connectivity index (χ3n) is 6.71. The molecule has 0 saturated carbocycles. The second-order valence-corrected chi connectivity index (χ2v) is 12.3. The van der Waals surface area contributed by atoms with Crippen LogP contribution in [0.1, 0.15) is 46.5 Å². The van der Waals surface area contributed by atoms with E-state index < -0.39 is 33.4 Å². The van der Waals surface area contributed by atoms with Gasteiger partial charge in [-0.2, -0.15) is 0 Å². The van der Waals surface area contributed by atoms with E-state index in [4.69, 9.17) is 4.74 Å². The van der Waals surface area contributed by atoms with Gasteiger partial charge in [0.05, 0.1) is 21.2 Å². The van der Waals surface area contributed by atoms with Gasteiger partial charge in [-0.1, -0.05) is 44.9 Å². The topological polar surface area (TPSA) is 104 Å². The summed E-state index contributed by atoms with van der Waals surface area (Å²) in [4.78, 5) is 14.3. The van der Waals surface area contributed by atoms with E-state index in [1.165, 1.54) is 17.8 Å². The lowest BCUT2D eigenvalue weighted by Gasteiger charge is -2.36. The molecule has 1 heterocycles. The summed E-state index contributed by atoms with van der Waals surface area (Å²) < 4.78 is 33.4. The van der Waals surface area contributed by atoms with Crippen molar-refractivity contribution in [2.75, 3.05) is 30.1 Å². The number of aliphatic carboxylic acids is 1. The van der Waals surface area contributed by atoms with Crippen LogP contribution >= 0.6 is 11.8 Å². The lowest BCUT2D eigenvalue weighted by Crippen LogP contribution is -2.41. The first-order valence-corrected chi connectivity index (χ1v) is 14.7. The van der Waals surface area contributed by atoms with Gasteiger partial charge in [-0.05, 0) is 44.2 Å². The first kappa shape index (κ1) is 27.4. The van der Waals surface area contributed by atoms with E-state index in [1.807, 2.05) is 36.6 Å². The maximum absolute atomic E-state index is 13.8. The molecule has 0 unspecified atom stereocenters. The van der Waals surface area contributed by atoms with Crippen LogP contribution < -0.4 is 9.64 Å². The molecule has 7 nitrogen and oxygen atoms in total. The third-order valence-corrected chi connectivity index (χ3v) is 9.46. The Hall–Kier alpha value is -2.23. The Morgan fingerprint density at radius 2 is 1.91 bits per heavy atom. The van der Waals surface area contributed by atoms with E-state index in [-0.39, 0.29) is 16.4 Å². The van der Waals surface area contributed by atoms with Crippen LogP contribution in [0.2, 0.25) is 0 Å². The summed E-state index contributed by atoms with van der Waals surface area (Å²) in [6.45, 7) is 5.38. The highest BCUT2D eigenvalue weighted by atomic mass is 32.2. The Balaban J connectivity index is 2.19. The molecule has 0 aliphatic carbocycles. The number of thioether (sulfide) groups is 1. The van der Waals surface area contributed by atoms with Crippen LogP contribution in [0.4, 0.5) is 11.4 Å². The molecule has 0 radical (unpaired) electrons. The number of hydrogen-bond donors (Lipinski definition) is 2. The van der Waals surface area contributed by atoms with Crippen molar-refractivity contribution in [1.82, 2.24) is 0 Å². The van der Waals surface area contributed by atoms with E-state index in [1.54, 1.807) is 6.07 Å². The summed E-state index contributed by atoms with van der Waals surface area (Å²) >= 11 is 1.38. The average Bonchev–Trinajstić information content (AvgIpc) is 2.93. The maximum atomic E-state index is 13.8. The van der Waals surface area contributed by atoms with Crippen LogP contribution in [-0.2, 0) is 14.6 Å². The normalized spacial score (nSPS) is 21.0. The number of hydrogen-bond acceptors (Lipinski definition) is 7. The van der Waals surface area contributed by atoms with E-state index >= 15 is 0 Å². The first-order chi connectivity index (χ1) is 16.5. The van der Waals surface area contributed by atoms with E-state index in [9.17, 15) is 23.4 Å². The van der Waals surface area contributed by atoms with Crippen LogP contribution in [0, 0.1) is 5.41 Å². The number of para-hydroxylation sites is 1. The van der Waals surface area contributed by atoms with Crippen LogP contribution in [0.5, 0.6) is 5.75 Å². The predicted octanol–water partition coefficient (Wildman–Crippen LogP) is 5.13. The largest absolute Gasteiger partial charge is 0.489 e. The fourth-order valence-electron chi connectivity index (χ4n) is 4.42. The summed E-state index contributed by atoms with van der Waals surface area (Å²) in [6, 6.07) is 13.1. The number of unbranched alkanes of at least 4 members (excludes halogenated alkanes) is 1. The van der Waals surface area contributed by atoms with Crippen LogP contribution in [-0.4, -0.2) is 55.4 Å². The van der Waals surface area contributed by atoms with Gasteiger partial charge < -0.3 is 19.8 Å². The van der Waals surface area contributed by atoms with Gasteiger partial charge in [0, 0.05) is 23.7 Å². The lowest BCUT2D eigenvalue weighted by atomic mass is 9.81. The number of anilines is 2. The van der Waals surface area contributed by atoms with E-state index in [0.29, 0.717) is 17.1 Å². The van der Waals surface area contributed by atoms with Crippen molar-refractivity contribution >= 4 is 38.9 Å². The van der Waals surface area contributed by atoms with Gasteiger partial charge in [0.25, 0.3) is 0 Å². The molecule has 0 aromatic heterocycles. The minimum absolute atomic E-state index is 0.0255. The minimum atomic E-state index is -3.70. The molecule has 0 saturated heterocycles. The van der Waals surface area contributed by atoms with Crippen molar-refractivity contribution < 1.29 is 28.2 Å². The monoisotopic (exact) mass is 521 g/mol. The number of rotatable bonds is 10. The van der Waals surface area contributed by atoms with Crippen LogP contribution in [0.15, 0.2) is 52.3 Å². The highest BCUT2D eigenvalue weighted by molar-refractivity contribution is 7.98. The highest BCUT2D eigenvalue weighted by Gasteiger charge is 2.42. The van der Waals surface area contributed by atoms with Gasteiger partial charge >= 0.3 is 5.97 Å². The highest BCUT2D eigenvalue weighted by Crippen LogP contribution is 2.47. The fraction of sp³-hybridized carbons (Fsp3) is 0.500. The number of benzene rings is 2. The van der Waals surface area contributed by atoms with Crippen molar-refractivity contribution in [2.45, 2.75) is 61.8 Å². The number of nitrogens with zero attached hydrogens (tertiary/aromatic N) is 1. The third kappa shape index (κ3) is 5.95. The van der Waals surface area contributed by atoms with Crippen molar-refractivity contribution in [2.24, 2.45) is 5.41 Å². The van der Waals surface area contributed by atoms with E-state index in [0.717, 1.165) is 38.3 Å². The quantitative estimate of drug-likeness (QED) is 0.415. The number of carboxylic acids is 1. The zero-order valence-corrected chi connectivity index (χ0v) is 22.4. The Kier molecular flexibility index (Phi) is 8.44. The molecular weight excluding hydrogens is 486 g/mol. The lowest BCUT2D eigenvalue weighted by molar-refractivity contribution is -0.159. The number of aliphatic hydroxyl groups is 1. The summed E-state index contributed by atoms with van der Waals surface area (Å²) in [6.07, 6.45) is 5.30. The summed E-state index contributed by atoms with van der Waals surface area (Å²) in [7, 11) is -3.70. The molecule has 0 fully saturated rings. The zero-order valence-electron chi connectivity index (χ0n) is 20.8. The molecule has 0 bridgehead atoms. The number of carboxylic acid groups (broad SMARTS) is 1. The van der Waals surface area contributed by atoms with E-state index in [2.05, 4.69) is 18.7 Å². The fourth-order valence-corrected chi connectivity index (χ4v) is 7.15. The minimum Gasteiger partial charge on any atom is -0.489 e. The van der Waals surface area contributed by atoms with Crippen molar-refractivity contribution in [1.29, 1.82) is 0 Å². The predicted molar refractivity (Wildman–Crippen MR) is 140 cm³/mol. The second kappa shape index (κ2) is 10.8. The van der Waals surface area contributed by atoms with Gasteiger partial charge in [0.2, 0.25) is 0 Å². The molecule has 2 aromatic rings. The van der Waals surface area contributed by atoms with Crippen molar-refractivity contribution in [3.05, 3.63) is 42.5 Å². The van der Waals surface area contributed by atoms with Gasteiger partial charge in [0.15, 0.2) is 15.4 Å². The Morgan fingerprint density at radius 1 is 1.23 bits per heavy atom. The molecule has 0 amide bonds. The zero-order chi connectivity index (χ0) is 25.9. The molecule has 0 spiro atoms. The number of ether oxygens (including phenoxy) is 1. The maximum Gasteiger partial charge on any atom is 0.339 e. The molecule has 2 aromatic carbocycles. The van der Waals surface area contributed by atoms with Crippen LogP contribution in [0.25, 0.3) is 0 Å². The van der Waals surface area contributed by atoms with Crippen molar-refractivity contribution in [3.8, 4) is 5.75 Å². The SMILES string of the molecule is CCCC[C@@]1(CC)CN(c2ccccc2)c2cc(SC)c(OC[C@](C)(O)C(=O)O)cc2S(=O)(=O)C1. The standard InChI is InChI=1S/C26H35NO6S2/c1-5-7-13-26(6-2)16-27(19-11-9-8-10-12-19)20-14-22(34-4)21(15-23(20)35(31,32)18-26)33-17-25(3,30)24(28)29/h8-12,14-15,30H,5-7,13,16-18H2,1-4H3,(H,28,29)/t25-,26-/m0/s1. The molecular formula is C26H35NO6S2. The smallest absolute Gasteiger partial charge is 0.339 e. The molecule has 2 atom stereocenters. The number of sulfone groups is 1. The molecule has 35 heavy (non-hydrogen) atoms. The van der Waals surface area contributed by atoms with Crippen molar-refractivity contribution in [3.63, 3.8) is 0 Å². The van der Waals surface area contributed by atoms with Gasteiger partial charge in [-0.15, -0.1) is 11.8 Å². The first-order valence-electron chi connectivity index (χ1n) is 11.8. The molecule has 1 aliphatic heterocycles. The molecule has 3 rings (SSSR count). The Morgan fingerprint density at radius 3 is 2.49 bits per heavy atom. The average molecular weight is 522 g/mol. The Labute approximate surface area is 212 Å². The van der Waals surface area contributed by atoms with Crippen LogP contribution in [0.3, 0.4) is 0 Å². The molecule has 9 heteroatoms. The van der Waals surface area contributed by atoms with Gasteiger partial charge in [-0.3, -0.25) is 0 Å². The molecule has 192 valence electrons. The number of carbonyl (C=O) groups is 1. The summed E-state index contributed by atoms with van der Waals surface area (Å²) in [5.74, 6) is -1.14. The summed E-state index contributed by atoms with van der Waals surface area (Å²) in [5.41, 5.74) is -1.02. The molecule has 1 aliphatic rings. The Bertz CT molecular complexity index is 1150. The number of fused-ring (bicyclic) bond motifs is 1. The van der Waals surface area contributed by atoms with Gasteiger partial charge in [0.1, 0.15) is 12.4 Å². The molecule has 2 N–H and O–H groups in total. The summed E-state index contributed by atoms with van der Waals surface area (Å²) in [5, 5.41) is 19.4. The van der Waals surface area contributed by atoms with Gasteiger partial charge in [-0.25, -0.2) is 13.2 Å². The second-order valence-electron chi connectivity index (χ2n) is 9.48.